The molecule has 0 unspecified atom stereocenters. The minimum atomic E-state index is 0.651. The Bertz CT molecular complexity index is 776. The number of aryl methyl sites for hydroxylation is 2. The van der Waals surface area contributed by atoms with Crippen molar-refractivity contribution >= 4 is 22.4 Å². The van der Waals surface area contributed by atoms with Crippen molar-refractivity contribution in [2.75, 3.05) is 0 Å². The fourth-order valence-electron chi connectivity index (χ4n) is 1.98. The number of thiazole rings is 1. The number of hydrogen-bond donors (Lipinski definition) is 0. The molecule has 0 bridgehead atoms. The zero-order valence-corrected chi connectivity index (χ0v) is 10.8. The molecule has 3 rings (SSSR count). The van der Waals surface area contributed by atoms with E-state index in [1.807, 2.05) is 36.2 Å². The minimum absolute atomic E-state index is 0.651. The Labute approximate surface area is 108 Å². The number of nitrogens with zero attached hydrogens (tertiary/aromatic N) is 4. The normalized spacial score (nSPS) is 10.7. The van der Waals surface area contributed by atoms with Gasteiger partial charge in [-0.05, 0) is 25.1 Å². The Morgan fingerprint density at radius 2 is 2.22 bits per heavy atom. The number of imidazole rings is 1. The van der Waals surface area contributed by atoms with E-state index >= 15 is 0 Å². The van der Waals surface area contributed by atoms with Crippen molar-refractivity contribution in [1.82, 2.24) is 14.5 Å². The lowest BCUT2D eigenvalue weighted by Crippen LogP contribution is -1.92. The molecule has 0 aliphatic heterocycles. The van der Waals surface area contributed by atoms with Crippen LogP contribution < -0.4 is 0 Å². The monoisotopic (exact) mass is 254 g/mol. The fourth-order valence-corrected chi connectivity index (χ4v) is 2.81. The van der Waals surface area contributed by atoms with E-state index in [0.29, 0.717) is 5.56 Å². The molecular weight excluding hydrogens is 244 g/mol. The molecule has 5 heteroatoms. The van der Waals surface area contributed by atoms with Crippen LogP contribution in [-0.4, -0.2) is 14.5 Å². The summed E-state index contributed by atoms with van der Waals surface area (Å²) >= 11 is 1.58. The Balaban J connectivity index is 2.30. The number of fused-ring (bicyclic) bond motifs is 1. The van der Waals surface area contributed by atoms with E-state index in [0.717, 1.165) is 27.4 Å². The van der Waals surface area contributed by atoms with Crippen LogP contribution in [0.5, 0.6) is 0 Å². The molecule has 1 aromatic carbocycles. The topological polar surface area (TPSA) is 54.5 Å². The van der Waals surface area contributed by atoms with E-state index in [4.69, 9.17) is 5.26 Å². The fraction of sp³-hybridized carbons (Fsp3) is 0.154. The first-order valence-electron chi connectivity index (χ1n) is 5.47. The van der Waals surface area contributed by atoms with Crippen LogP contribution in [0.4, 0.5) is 0 Å². The zero-order chi connectivity index (χ0) is 12.7. The predicted octanol–water partition coefficient (Wildman–Crippen LogP) is 2.88. The highest BCUT2D eigenvalue weighted by Gasteiger charge is 2.13. The van der Waals surface area contributed by atoms with Gasteiger partial charge in [0.25, 0.3) is 0 Å². The van der Waals surface area contributed by atoms with Gasteiger partial charge in [-0.15, -0.1) is 11.3 Å². The van der Waals surface area contributed by atoms with E-state index in [9.17, 15) is 0 Å². The van der Waals surface area contributed by atoms with E-state index in [2.05, 4.69) is 16.0 Å². The first kappa shape index (κ1) is 10.9. The van der Waals surface area contributed by atoms with E-state index in [1.165, 1.54) is 0 Å². The molecule has 0 fully saturated rings. The summed E-state index contributed by atoms with van der Waals surface area (Å²) in [6.45, 7) is 1.98. The van der Waals surface area contributed by atoms with Crippen molar-refractivity contribution < 1.29 is 0 Å². The highest BCUT2D eigenvalue weighted by atomic mass is 32.1. The third-order valence-corrected chi connectivity index (χ3v) is 3.88. The molecule has 2 aromatic heterocycles. The van der Waals surface area contributed by atoms with Gasteiger partial charge in [-0.2, -0.15) is 5.26 Å². The Morgan fingerprint density at radius 3 is 2.89 bits per heavy atom. The van der Waals surface area contributed by atoms with Gasteiger partial charge in [-0.3, -0.25) is 0 Å². The number of rotatable bonds is 1. The summed E-state index contributed by atoms with van der Waals surface area (Å²) in [4.78, 5) is 9.94. The maximum atomic E-state index is 8.94. The molecule has 4 nitrogen and oxygen atoms in total. The molecular formula is C13H10N4S. The van der Waals surface area contributed by atoms with Gasteiger partial charge in [0, 0.05) is 7.05 Å². The van der Waals surface area contributed by atoms with E-state index < -0.39 is 0 Å². The van der Waals surface area contributed by atoms with E-state index in [-0.39, 0.29) is 0 Å². The number of nitriles is 1. The molecule has 0 amide bonds. The van der Waals surface area contributed by atoms with Crippen LogP contribution in [0.3, 0.4) is 0 Å². The maximum Gasteiger partial charge on any atom is 0.152 e. The Morgan fingerprint density at radius 1 is 1.39 bits per heavy atom. The van der Waals surface area contributed by atoms with Crippen molar-refractivity contribution in [2.24, 2.45) is 7.05 Å². The molecule has 0 aliphatic rings. The lowest BCUT2D eigenvalue weighted by atomic mass is 10.2. The quantitative estimate of drug-likeness (QED) is 0.671. The molecule has 3 aromatic rings. The zero-order valence-electron chi connectivity index (χ0n) is 10.0. The van der Waals surface area contributed by atoms with Gasteiger partial charge < -0.3 is 4.57 Å². The minimum Gasteiger partial charge on any atom is -0.326 e. The molecule has 0 aliphatic carbocycles. The molecule has 2 heterocycles. The summed E-state index contributed by atoms with van der Waals surface area (Å²) in [5.74, 6) is 0.903. The van der Waals surface area contributed by atoms with E-state index in [1.54, 1.807) is 17.4 Å². The summed E-state index contributed by atoms with van der Waals surface area (Å²) in [5.41, 5.74) is 5.33. The summed E-state index contributed by atoms with van der Waals surface area (Å²) in [6, 6.07) is 7.69. The number of benzene rings is 1. The summed E-state index contributed by atoms with van der Waals surface area (Å²) in [7, 11) is 1.96. The van der Waals surface area contributed by atoms with Crippen LogP contribution in [0.25, 0.3) is 21.7 Å². The molecule has 0 saturated heterocycles. The first-order chi connectivity index (χ1) is 8.70. The van der Waals surface area contributed by atoms with Crippen molar-refractivity contribution in [3.63, 3.8) is 0 Å². The molecule has 0 N–H and O–H groups in total. The van der Waals surface area contributed by atoms with Gasteiger partial charge in [-0.25, -0.2) is 9.97 Å². The SMILES string of the molecule is Cc1ncsc1-c1nc2ccc(C#N)cc2n1C. The average molecular weight is 254 g/mol. The molecule has 0 radical (unpaired) electrons. The predicted molar refractivity (Wildman–Crippen MR) is 71.3 cm³/mol. The van der Waals surface area contributed by atoms with Crippen LogP contribution in [-0.2, 0) is 7.05 Å². The van der Waals surface area contributed by atoms with Crippen LogP contribution in [0.1, 0.15) is 11.3 Å². The van der Waals surface area contributed by atoms with Crippen molar-refractivity contribution in [2.45, 2.75) is 6.92 Å². The van der Waals surface area contributed by atoms with Crippen LogP contribution in [0.2, 0.25) is 0 Å². The molecule has 0 saturated carbocycles. The first-order valence-corrected chi connectivity index (χ1v) is 6.35. The summed E-state index contributed by atoms with van der Waals surface area (Å²) in [6.07, 6.45) is 0. The number of aromatic nitrogens is 3. The Kier molecular flexibility index (Phi) is 2.39. The lowest BCUT2D eigenvalue weighted by Gasteiger charge is -2.00. The van der Waals surface area contributed by atoms with Crippen molar-refractivity contribution in [3.8, 4) is 16.8 Å². The van der Waals surface area contributed by atoms with Gasteiger partial charge in [-0.1, -0.05) is 0 Å². The van der Waals surface area contributed by atoms with Gasteiger partial charge in [0.05, 0.1) is 38.7 Å². The average Bonchev–Trinajstić information content (AvgIpc) is 2.93. The largest absolute Gasteiger partial charge is 0.326 e. The number of hydrogen-bond acceptors (Lipinski definition) is 4. The molecule has 0 spiro atoms. The van der Waals surface area contributed by atoms with Crippen molar-refractivity contribution in [1.29, 1.82) is 5.26 Å². The van der Waals surface area contributed by atoms with Crippen molar-refractivity contribution in [3.05, 3.63) is 35.0 Å². The lowest BCUT2D eigenvalue weighted by molar-refractivity contribution is 0.959. The van der Waals surface area contributed by atoms with Crippen LogP contribution >= 0.6 is 11.3 Å². The smallest absolute Gasteiger partial charge is 0.152 e. The summed E-state index contributed by atoms with van der Waals surface area (Å²) < 4.78 is 2.01. The third kappa shape index (κ3) is 1.50. The molecule has 88 valence electrons. The van der Waals surface area contributed by atoms with Gasteiger partial charge in [0.15, 0.2) is 5.82 Å². The van der Waals surface area contributed by atoms with Gasteiger partial charge >= 0.3 is 0 Å². The Hall–Kier alpha value is -2.19. The summed E-state index contributed by atoms with van der Waals surface area (Å²) in [5, 5.41) is 8.94. The van der Waals surface area contributed by atoms with Gasteiger partial charge in [0.1, 0.15) is 0 Å². The van der Waals surface area contributed by atoms with Gasteiger partial charge in [0.2, 0.25) is 0 Å². The highest BCUT2D eigenvalue weighted by Crippen LogP contribution is 2.29. The van der Waals surface area contributed by atoms with Crippen LogP contribution in [0, 0.1) is 18.3 Å². The second-order valence-electron chi connectivity index (χ2n) is 4.08. The maximum absolute atomic E-state index is 8.94. The second kappa shape index (κ2) is 3.93. The van der Waals surface area contributed by atoms with Crippen LogP contribution in [0.15, 0.2) is 23.7 Å². The standard InChI is InChI=1S/C13H10N4S/c1-8-12(18-7-15-8)13-16-10-4-3-9(6-14)5-11(10)17(13)2/h3-5,7H,1-2H3. The molecule has 0 atom stereocenters. The highest BCUT2D eigenvalue weighted by molar-refractivity contribution is 7.13. The third-order valence-electron chi connectivity index (χ3n) is 2.96. The molecule has 18 heavy (non-hydrogen) atoms. The second-order valence-corrected chi connectivity index (χ2v) is 4.93.